The van der Waals surface area contributed by atoms with Gasteiger partial charge < -0.3 is 5.73 Å². The molecule has 0 saturated carbocycles. The van der Waals surface area contributed by atoms with E-state index < -0.39 is 5.13 Å². The Balaban J connectivity index is 3.12. The van der Waals surface area contributed by atoms with E-state index in [1.165, 1.54) is 5.51 Å². The first-order valence-corrected chi connectivity index (χ1v) is 2.53. The molecule has 1 heterocycles. The van der Waals surface area contributed by atoms with Crippen LogP contribution in [0.4, 0.5) is 10.2 Å². The topological polar surface area (TPSA) is 38.9 Å². The third-order valence-corrected chi connectivity index (χ3v) is 1.18. The average Bonchev–Trinajstić information content (AvgIpc) is 1.91. The quantitative estimate of drug-likeness (QED) is 0.548. The monoisotopic (exact) mass is 118 g/mol. The van der Waals surface area contributed by atoms with Crippen LogP contribution in [0.25, 0.3) is 0 Å². The van der Waals surface area contributed by atoms with Crippen LogP contribution in [-0.2, 0) is 0 Å². The van der Waals surface area contributed by atoms with E-state index >= 15 is 0 Å². The van der Waals surface area contributed by atoms with Crippen molar-refractivity contribution in [1.82, 2.24) is 4.98 Å². The lowest BCUT2D eigenvalue weighted by atomic mass is 10.8. The molecule has 0 aliphatic heterocycles. The van der Waals surface area contributed by atoms with E-state index in [1.54, 1.807) is 0 Å². The predicted molar refractivity (Wildman–Crippen MR) is 26.5 cm³/mol. The second kappa shape index (κ2) is 1.46. The first kappa shape index (κ1) is 4.52. The van der Waals surface area contributed by atoms with Crippen molar-refractivity contribution in [2.24, 2.45) is 0 Å². The summed E-state index contributed by atoms with van der Waals surface area (Å²) >= 11 is 0.902. The Bertz CT molecular complexity index is 145. The minimum atomic E-state index is -0.403. The molecule has 0 saturated heterocycles. The number of nitrogens with two attached hydrogens (primary N) is 1. The molecule has 0 aliphatic rings. The molecular weight excluding hydrogens is 115 g/mol. The lowest BCUT2D eigenvalue weighted by Crippen LogP contribution is -1.84. The highest BCUT2D eigenvalue weighted by molar-refractivity contribution is 7.08. The minimum absolute atomic E-state index is 0.00926. The standard InChI is InChI=1S/C3H3FN2S/c4-2-3(5)6-1-7-2/h1H,5H2. The summed E-state index contributed by atoms with van der Waals surface area (Å²) in [6.07, 6.45) is 0. The Hall–Kier alpha value is -0.640. The number of rotatable bonds is 0. The number of hydrogen-bond acceptors (Lipinski definition) is 3. The van der Waals surface area contributed by atoms with Crippen molar-refractivity contribution in [2.75, 3.05) is 5.73 Å². The highest BCUT2D eigenvalue weighted by Crippen LogP contribution is 2.10. The molecule has 38 valence electrons. The molecule has 7 heavy (non-hydrogen) atoms. The fourth-order valence-corrected chi connectivity index (χ4v) is 0.673. The number of hydrogen-bond donors (Lipinski definition) is 1. The fourth-order valence-electron chi connectivity index (χ4n) is 0.241. The lowest BCUT2D eigenvalue weighted by Gasteiger charge is -1.74. The SMILES string of the molecule is Nc1ncsc1F. The van der Waals surface area contributed by atoms with E-state index in [0.29, 0.717) is 0 Å². The maximum absolute atomic E-state index is 11.9. The summed E-state index contributed by atoms with van der Waals surface area (Å²) in [5, 5.41) is -0.403. The summed E-state index contributed by atoms with van der Waals surface area (Å²) in [5.41, 5.74) is 6.33. The Morgan fingerprint density at radius 3 is 2.71 bits per heavy atom. The maximum Gasteiger partial charge on any atom is 0.220 e. The van der Waals surface area contributed by atoms with Crippen LogP contribution in [0.2, 0.25) is 0 Å². The number of nitrogen functional groups attached to an aromatic ring is 1. The molecule has 0 radical (unpaired) electrons. The van der Waals surface area contributed by atoms with Crippen molar-refractivity contribution < 1.29 is 4.39 Å². The van der Waals surface area contributed by atoms with Gasteiger partial charge in [-0.3, -0.25) is 0 Å². The fraction of sp³-hybridized carbons (Fsp3) is 0. The Morgan fingerprint density at radius 1 is 1.86 bits per heavy atom. The van der Waals surface area contributed by atoms with Crippen LogP contribution in [0.1, 0.15) is 0 Å². The van der Waals surface area contributed by atoms with Crippen molar-refractivity contribution >= 4 is 17.2 Å². The van der Waals surface area contributed by atoms with E-state index in [-0.39, 0.29) is 5.82 Å². The molecule has 0 amide bonds. The maximum atomic E-state index is 11.9. The molecule has 2 N–H and O–H groups in total. The molecule has 0 aromatic carbocycles. The molecule has 2 nitrogen and oxygen atoms in total. The van der Waals surface area contributed by atoms with Crippen LogP contribution in [0.15, 0.2) is 5.51 Å². The molecule has 0 unspecified atom stereocenters. The van der Waals surface area contributed by atoms with E-state index in [2.05, 4.69) is 4.98 Å². The minimum Gasteiger partial charge on any atom is -0.381 e. The molecule has 0 atom stereocenters. The zero-order valence-corrected chi connectivity index (χ0v) is 4.20. The first-order valence-electron chi connectivity index (χ1n) is 1.65. The van der Waals surface area contributed by atoms with Crippen LogP contribution in [-0.4, -0.2) is 4.98 Å². The molecule has 0 bridgehead atoms. The molecule has 4 heteroatoms. The molecule has 1 aromatic rings. The average molecular weight is 118 g/mol. The van der Waals surface area contributed by atoms with Gasteiger partial charge in [0, 0.05) is 0 Å². The summed E-state index contributed by atoms with van der Waals surface area (Å²) in [6, 6.07) is 0. The molecule has 0 fully saturated rings. The van der Waals surface area contributed by atoms with Gasteiger partial charge >= 0.3 is 0 Å². The molecule has 1 rings (SSSR count). The third kappa shape index (κ3) is 0.691. The first-order chi connectivity index (χ1) is 3.30. The van der Waals surface area contributed by atoms with Crippen LogP contribution < -0.4 is 5.73 Å². The van der Waals surface area contributed by atoms with Gasteiger partial charge in [0.1, 0.15) is 0 Å². The van der Waals surface area contributed by atoms with Gasteiger partial charge in [-0.05, 0) is 0 Å². The lowest BCUT2D eigenvalue weighted by molar-refractivity contribution is 0.658. The zero-order chi connectivity index (χ0) is 5.28. The van der Waals surface area contributed by atoms with E-state index in [0.717, 1.165) is 11.3 Å². The van der Waals surface area contributed by atoms with Gasteiger partial charge in [0.2, 0.25) is 5.13 Å². The Labute approximate surface area is 43.8 Å². The number of thiazole rings is 1. The van der Waals surface area contributed by atoms with Crippen molar-refractivity contribution in [1.29, 1.82) is 0 Å². The largest absolute Gasteiger partial charge is 0.381 e. The highest BCUT2D eigenvalue weighted by Gasteiger charge is 1.95. The second-order valence-electron chi connectivity index (χ2n) is 1.01. The summed E-state index contributed by atoms with van der Waals surface area (Å²) in [7, 11) is 0. The van der Waals surface area contributed by atoms with Gasteiger partial charge in [-0.1, -0.05) is 11.3 Å². The van der Waals surface area contributed by atoms with Gasteiger partial charge in [-0.2, -0.15) is 4.39 Å². The number of aromatic nitrogens is 1. The second-order valence-corrected chi connectivity index (χ2v) is 1.82. The number of anilines is 1. The normalized spacial score (nSPS) is 9.29. The van der Waals surface area contributed by atoms with Gasteiger partial charge in [0.15, 0.2) is 5.82 Å². The van der Waals surface area contributed by atoms with Gasteiger partial charge in [-0.15, -0.1) is 0 Å². The molecular formula is C3H3FN2S. The van der Waals surface area contributed by atoms with Gasteiger partial charge in [0.05, 0.1) is 5.51 Å². The van der Waals surface area contributed by atoms with Crippen molar-refractivity contribution in [3.63, 3.8) is 0 Å². The van der Waals surface area contributed by atoms with E-state index in [4.69, 9.17) is 5.73 Å². The van der Waals surface area contributed by atoms with Crippen molar-refractivity contribution in [2.45, 2.75) is 0 Å². The summed E-state index contributed by atoms with van der Waals surface area (Å²) in [6.45, 7) is 0. The summed E-state index contributed by atoms with van der Waals surface area (Å²) in [5.74, 6) is -0.00926. The zero-order valence-electron chi connectivity index (χ0n) is 3.39. The Kier molecular flexibility index (Phi) is 0.941. The summed E-state index contributed by atoms with van der Waals surface area (Å²) < 4.78 is 11.9. The van der Waals surface area contributed by atoms with Gasteiger partial charge in [-0.25, -0.2) is 4.98 Å². The van der Waals surface area contributed by atoms with Gasteiger partial charge in [0.25, 0.3) is 0 Å². The van der Waals surface area contributed by atoms with Crippen molar-refractivity contribution in [3.8, 4) is 0 Å². The smallest absolute Gasteiger partial charge is 0.220 e. The molecule has 1 aromatic heterocycles. The van der Waals surface area contributed by atoms with Crippen LogP contribution in [0.3, 0.4) is 0 Å². The van der Waals surface area contributed by atoms with E-state index in [1.807, 2.05) is 0 Å². The van der Waals surface area contributed by atoms with E-state index in [9.17, 15) is 4.39 Å². The molecule has 0 spiro atoms. The summed E-state index contributed by atoms with van der Waals surface area (Å²) in [4.78, 5) is 3.44. The highest BCUT2D eigenvalue weighted by atomic mass is 32.1. The van der Waals surface area contributed by atoms with Crippen LogP contribution in [0.5, 0.6) is 0 Å². The molecule has 0 aliphatic carbocycles. The van der Waals surface area contributed by atoms with Crippen molar-refractivity contribution in [3.05, 3.63) is 10.6 Å². The number of nitrogens with zero attached hydrogens (tertiary/aromatic N) is 1. The predicted octanol–water partition coefficient (Wildman–Crippen LogP) is 0.864. The third-order valence-electron chi connectivity index (χ3n) is 0.549. The van der Waals surface area contributed by atoms with Crippen LogP contribution >= 0.6 is 11.3 Å². The number of halogens is 1. The van der Waals surface area contributed by atoms with Crippen LogP contribution in [0, 0.1) is 5.13 Å². The Morgan fingerprint density at radius 2 is 2.57 bits per heavy atom.